The lowest BCUT2D eigenvalue weighted by atomic mass is 9.73. The monoisotopic (exact) mass is 903 g/mol. The van der Waals surface area contributed by atoms with Gasteiger partial charge in [0.25, 0.3) is 0 Å². The van der Waals surface area contributed by atoms with Crippen molar-refractivity contribution < 1.29 is 35.9 Å². The van der Waals surface area contributed by atoms with E-state index in [1.807, 2.05) is 27.7 Å². The fourth-order valence-electron chi connectivity index (χ4n) is 9.87. The Hall–Kier alpha value is -3.52. The second-order valence-corrected chi connectivity index (χ2v) is 23.7. The summed E-state index contributed by atoms with van der Waals surface area (Å²) >= 11 is 0. The zero-order valence-corrected chi connectivity index (χ0v) is 41.6. The van der Waals surface area contributed by atoms with E-state index in [1.165, 1.54) is 62.6 Å². The standard InChI is InChI=1S/C48H78N4O8S2/c1-13-16-17-18-19-20-21-22-23-38-31-40-37(8)44(34(5)29-42(40)52(15-3)48(38,11)12)50-46(54)60-25-27-62(57,58)32-61(55,56)26-24-59-45(53)49-43-33(4)28-41-39(36(43)7)30-35(6)47(9,10)51(41)14-2/h28-29,35,38H,13-27,30-32H2,1-12H3,(H,49,53)(H,50,54). The molecule has 350 valence electrons. The molecule has 0 bridgehead atoms. The molecule has 2 N–H and O–H groups in total. The highest BCUT2D eigenvalue weighted by Gasteiger charge is 2.41. The summed E-state index contributed by atoms with van der Waals surface area (Å²) < 4.78 is 62.0. The highest BCUT2D eigenvalue weighted by molar-refractivity contribution is 8.08. The summed E-state index contributed by atoms with van der Waals surface area (Å²) in [6, 6.07) is 4.19. The molecule has 2 aromatic rings. The summed E-state index contributed by atoms with van der Waals surface area (Å²) in [5, 5.41) is 4.48. The molecule has 2 amide bonds. The second-order valence-electron chi connectivity index (χ2n) is 19.0. The van der Waals surface area contributed by atoms with Crippen LogP contribution in [0.15, 0.2) is 12.1 Å². The fourth-order valence-corrected chi connectivity index (χ4v) is 13.7. The minimum atomic E-state index is -4.18. The molecule has 2 aliphatic heterocycles. The highest BCUT2D eigenvalue weighted by atomic mass is 32.3. The van der Waals surface area contributed by atoms with Crippen LogP contribution in [0.2, 0.25) is 0 Å². The first-order chi connectivity index (χ1) is 29.0. The number of unbranched alkanes of at least 4 members (excludes halogenated alkanes) is 7. The summed E-state index contributed by atoms with van der Waals surface area (Å²) in [5.74, 6) is -0.534. The third-order valence-corrected chi connectivity index (χ3v) is 18.5. The van der Waals surface area contributed by atoms with Gasteiger partial charge in [-0.15, -0.1) is 0 Å². The van der Waals surface area contributed by atoms with Gasteiger partial charge in [-0.2, -0.15) is 0 Å². The van der Waals surface area contributed by atoms with E-state index < -0.39 is 61.7 Å². The summed E-state index contributed by atoms with van der Waals surface area (Å²) in [4.78, 5) is 30.8. The SMILES string of the molecule is CCCCCCCCCCC1Cc2c(cc(C)c(NC(=O)OCCS(=O)(=O)CS(=O)(=O)CCOC(=O)Nc3c(C)cc4c(c3C)CC(C)C(C)(C)N4CC)c2C)N(CC)C1(C)C. The Morgan fingerprint density at radius 3 is 1.53 bits per heavy atom. The molecule has 2 atom stereocenters. The first kappa shape index (κ1) is 51.1. The Bertz CT molecular complexity index is 2120. The van der Waals surface area contributed by atoms with E-state index in [0.29, 0.717) is 23.2 Å². The molecule has 14 heteroatoms. The minimum absolute atomic E-state index is 0.0224. The van der Waals surface area contributed by atoms with Crippen LogP contribution in [0.5, 0.6) is 0 Å². The van der Waals surface area contributed by atoms with Gasteiger partial charge in [0.2, 0.25) is 0 Å². The molecule has 2 unspecified atom stereocenters. The molecule has 0 aliphatic carbocycles. The number of fused-ring (bicyclic) bond motifs is 2. The van der Waals surface area contributed by atoms with Crippen molar-refractivity contribution >= 4 is 54.6 Å². The lowest BCUT2D eigenvalue weighted by Crippen LogP contribution is -2.53. The van der Waals surface area contributed by atoms with Gasteiger partial charge >= 0.3 is 12.2 Å². The van der Waals surface area contributed by atoms with E-state index in [4.69, 9.17) is 9.47 Å². The lowest BCUT2D eigenvalue weighted by Gasteiger charge is -2.51. The van der Waals surface area contributed by atoms with Crippen molar-refractivity contribution in [2.75, 3.05) is 63.3 Å². The van der Waals surface area contributed by atoms with Gasteiger partial charge in [0.05, 0.1) is 22.9 Å². The van der Waals surface area contributed by atoms with Gasteiger partial charge in [0.15, 0.2) is 24.8 Å². The van der Waals surface area contributed by atoms with Gasteiger partial charge in [0.1, 0.15) is 13.2 Å². The lowest BCUT2D eigenvalue weighted by molar-refractivity contribution is 0.167. The van der Waals surface area contributed by atoms with Crippen molar-refractivity contribution in [3.05, 3.63) is 45.5 Å². The normalized spacial score (nSPS) is 18.2. The number of benzene rings is 2. The number of sulfone groups is 2. The number of carbonyl (C=O) groups is 2. The number of aryl methyl sites for hydroxylation is 2. The largest absolute Gasteiger partial charge is 0.448 e. The van der Waals surface area contributed by atoms with Gasteiger partial charge in [-0.05, 0) is 146 Å². The van der Waals surface area contributed by atoms with Gasteiger partial charge in [-0.1, -0.05) is 65.2 Å². The third kappa shape index (κ3) is 12.4. The van der Waals surface area contributed by atoms with Crippen LogP contribution in [0.25, 0.3) is 0 Å². The average Bonchev–Trinajstić information content (AvgIpc) is 3.16. The van der Waals surface area contributed by atoms with E-state index >= 15 is 0 Å². The molecule has 62 heavy (non-hydrogen) atoms. The summed E-state index contributed by atoms with van der Waals surface area (Å²) in [5.41, 5.74) is 9.53. The predicted molar refractivity (Wildman–Crippen MR) is 256 cm³/mol. The summed E-state index contributed by atoms with van der Waals surface area (Å²) in [6.45, 7) is 26.5. The summed E-state index contributed by atoms with van der Waals surface area (Å²) in [7, 11) is -8.35. The number of hydrogen-bond acceptors (Lipinski definition) is 10. The molecule has 0 radical (unpaired) electrons. The van der Waals surface area contributed by atoms with E-state index in [0.717, 1.165) is 65.9 Å². The molecule has 0 aromatic heterocycles. The van der Waals surface area contributed by atoms with Crippen LogP contribution in [0, 0.1) is 39.5 Å². The van der Waals surface area contributed by atoms with Gasteiger partial charge < -0.3 is 19.3 Å². The van der Waals surface area contributed by atoms with Crippen molar-refractivity contribution in [1.82, 2.24) is 0 Å². The first-order valence-electron chi connectivity index (χ1n) is 23.1. The number of nitrogens with zero attached hydrogens (tertiary/aromatic N) is 2. The molecule has 2 aromatic carbocycles. The van der Waals surface area contributed by atoms with E-state index in [1.54, 1.807) is 0 Å². The van der Waals surface area contributed by atoms with Crippen LogP contribution in [0.4, 0.5) is 32.3 Å². The van der Waals surface area contributed by atoms with Gasteiger partial charge in [-0.3, -0.25) is 10.6 Å². The van der Waals surface area contributed by atoms with Crippen molar-refractivity contribution in [2.24, 2.45) is 11.8 Å². The van der Waals surface area contributed by atoms with Crippen molar-refractivity contribution in [2.45, 2.75) is 165 Å². The maximum atomic E-state index is 13.0. The Morgan fingerprint density at radius 1 is 0.661 bits per heavy atom. The fraction of sp³-hybridized carbons (Fsp3) is 0.708. The Balaban J connectivity index is 1.28. The number of amides is 2. The molecule has 12 nitrogen and oxygen atoms in total. The smallest absolute Gasteiger partial charge is 0.411 e. The topological polar surface area (TPSA) is 151 Å². The molecule has 2 heterocycles. The van der Waals surface area contributed by atoms with Crippen LogP contribution in [-0.4, -0.2) is 83.0 Å². The molecule has 4 rings (SSSR count). The summed E-state index contributed by atoms with van der Waals surface area (Å²) in [6.07, 6.45) is 11.5. The molecular weight excluding hydrogens is 825 g/mol. The van der Waals surface area contributed by atoms with Crippen LogP contribution in [0.1, 0.15) is 147 Å². The van der Waals surface area contributed by atoms with Gasteiger partial charge in [-0.25, -0.2) is 26.4 Å². The molecule has 0 fully saturated rings. The first-order valence-corrected chi connectivity index (χ1v) is 26.7. The molecule has 0 spiro atoms. The Morgan fingerprint density at radius 2 is 1.08 bits per heavy atom. The minimum Gasteiger partial charge on any atom is -0.448 e. The number of carbonyl (C=O) groups excluding carboxylic acids is 2. The van der Waals surface area contributed by atoms with E-state index in [-0.39, 0.29) is 11.1 Å². The van der Waals surface area contributed by atoms with Crippen LogP contribution in [0.3, 0.4) is 0 Å². The molecule has 0 saturated heterocycles. The maximum absolute atomic E-state index is 13.0. The molecular formula is C48H78N4O8S2. The second kappa shape index (κ2) is 21.4. The zero-order valence-electron chi connectivity index (χ0n) is 40.0. The molecule has 0 saturated carbocycles. The van der Waals surface area contributed by atoms with Crippen molar-refractivity contribution in [3.8, 4) is 0 Å². The highest BCUT2D eigenvalue weighted by Crippen LogP contribution is 2.47. The quantitative estimate of drug-likeness (QED) is 0.116. The average molecular weight is 903 g/mol. The predicted octanol–water partition coefficient (Wildman–Crippen LogP) is 10.6. The number of ether oxygens (including phenoxy) is 2. The van der Waals surface area contributed by atoms with E-state index in [9.17, 15) is 26.4 Å². The maximum Gasteiger partial charge on any atom is 0.411 e. The number of anilines is 4. The zero-order chi connectivity index (χ0) is 46.2. The van der Waals surface area contributed by atoms with Crippen LogP contribution >= 0.6 is 0 Å². The Labute approximate surface area is 374 Å². The van der Waals surface area contributed by atoms with Crippen molar-refractivity contribution in [3.63, 3.8) is 0 Å². The number of nitrogens with one attached hydrogen (secondary N) is 2. The number of hydrogen-bond donors (Lipinski definition) is 2. The van der Waals surface area contributed by atoms with Crippen LogP contribution in [-0.2, 0) is 42.0 Å². The van der Waals surface area contributed by atoms with Gasteiger partial charge in [0, 0.05) is 35.5 Å². The molecule has 2 aliphatic rings. The third-order valence-electron chi connectivity index (χ3n) is 14.0. The van der Waals surface area contributed by atoms with Crippen LogP contribution < -0.4 is 20.4 Å². The van der Waals surface area contributed by atoms with Crippen molar-refractivity contribution in [1.29, 1.82) is 0 Å². The van der Waals surface area contributed by atoms with E-state index in [2.05, 4.69) is 88.0 Å². The Kier molecular flexibility index (Phi) is 17.7. The number of rotatable bonds is 21.